The van der Waals surface area contributed by atoms with E-state index in [0.29, 0.717) is 16.3 Å². The number of furan rings is 1. The number of rotatable bonds is 7. The third-order valence-electron chi connectivity index (χ3n) is 5.36. The number of nitrogens with zero attached hydrogens (tertiary/aromatic N) is 1. The van der Waals surface area contributed by atoms with Gasteiger partial charge in [-0.3, -0.25) is 4.72 Å². The number of hydrogen-bond donors (Lipinski definition) is 2. The molecule has 0 unspecified atom stereocenters. The SMILES string of the molecule is COc1cc(C(=O)O)c(F)cc1NS(=O)(=O)c1csc(-c2ccc(-c3cc4ccccc4o3)cc2)n1. The number of methoxy groups -OCH3 is 1. The van der Waals surface area contributed by atoms with Crippen LogP contribution in [0.3, 0.4) is 0 Å². The van der Waals surface area contributed by atoms with Gasteiger partial charge in [-0.05, 0) is 18.2 Å². The molecular weight excluding hydrogens is 507 g/mol. The van der Waals surface area contributed by atoms with Gasteiger partial charge in [-0.15, -0.1) is 11.3 Å². The zero-order valence-electron chi connectivity index (χ0n) is 18.6. The number of benzene rings is 3. The number of para-hydroxylation sites is 1. The summed E-state index contributed by atoms with van der Waals surface area (Å²) in [5, 5.41) is 11.6. The number of halogens is 1. The second-order valence-electron chi connectivity index (χ2n) is 7.66. The van der Waals surface area contributed by atoms with Crippen LogP contribution < -0.4 is 9.46 Å². The highest BCUT2D eigenvalue weighted by atomic mass is 32.2. The molecule has 11 heteroatoms. The maximum atomic E-state index is 14.1. The molecule has 0 fully saturated rings. The van der Waals surface area contributed by atoms with Crippen molar-refractivity contribution in [3.05, 3.63) is 83.5 Å². The van der Waals surface area contributed by atoms with Crippen LogP contribution in [0, 0.1) is 5.82 Å². The fraction of sp³-hybridized carbons (Fsp3) is 0.0400. The molecule has 0 aliphatic heterocycles. The summed E-state index contributed by atoms with van der Waals surface area (Å²) in [6.45, 7) is 0. The molecule has 5 aromatic rings. The van der Waals surface area contributed by atoms with Crippen molar-refractivity contribution >= 4 is 44.0 Å². The highest BCUT2D eigenvalue weighted by Gasteiger charge is 2.23. The second kappa shape index (κ2) is 9.10. The Morgan fingerprint density at radius 1 is 1.08 bits per heavy atom. The molecule has 182 valence electrons. The van der Waals surface area contributed by atoms with Crippen LogP contribution in [-0.2, 0) is 10.0 Å². The third-order valence-corrected chi connectivity index (χ3v) is 7.65. The molecule has 0 aliphatic carbocycles. The van der Waals surface area contributed by atoms with Gasteiger partial charge in [0.05, 0.1) is 18.4 Å². The number of carbonyl (C=O) groups is 1. The summed E-state index contributed by atoms with van der Waals surface area (Å²) in [6.07, 6.45) is 0. The lowest BCUT2D eigenvalue weighted by Gasteiger charge is -2.12. The van der Waals surface area contributed by atoms with Gasteiger partial charge in [0.15, 0.2) is 5.03 Å². The highest BCUT2D eigenvalue weighted by Crippen LogP contribution is 2.33. The number of anilines is 1. The number of hydrogen-bond acceptors (Lipinski definition) is 7. The van der Waals surface area contributed by atoms with Gasteiger partial charge in [-0.1, -0.05) is 42.5 Å². The average molecular weight is 525 g/mol. The Hall–Kier alpha value is -4.22. The maximum Gasteiger partial charge on any atom is 0.338 e. The van der Waals surface area contributed by atoms with E-state index in [1.165, 1.54) is 12.5 Å². The van der Waals surface area contributed by atoms with Gasteiger partial charge in [0, 0.05) is 28.0 Å². The van der Waals surface area contributed by atoms with Crippen molar-refractivity contribution in [1.29, 1.82) is 0 Å². The van der Waals surface area contributed by atoms with E-state index < -0.39 is 27.4 Å². The number of thiazole rings is 1. The van der Waals surface area contributed by atoms with Crippen LogP contribution in [0.2, 0.25) is 0 Å². The molecule has 5 rings (SSSR count). The molecule has 0 aliphatic rings. The lowest BCUT2D eigenvalue weighted by molar-refractivity contribution is 0.0691. The van der Waals surface area contributed by atoms with Crippen LogP contribution in [0.1, 0.15) is 10.4 Å². The summed E-state index contributed by atoms with van der Waals surface area (Å²) in [6, 6.07) is 18.7. The van der Waals surface area contributed by atoms with Crippen LogP contribution in [0.15, 0.2) is 81.6 Å². The molecule has 0 saturated heterocycles. The van der Waals surface area contributed by atoms with Crippen molar-refractivity contribution in [2.24, 2.45) is 0 Å². The minimum Gasteiger partial charge on any atom is -0.495 e. The maximum absolute atomic E-state index is 14.1. The van der Waals surface area contributed by atoms with E-state index >= 15 is 0 Å². The van der Waals surface area contributed by atoms with E-state index in [-0.39, 0.29) is 16.5 Å². The number of carboxylic acid groups (broad SMARTS) is 1. The minimum absolute atomic E-state index is 0.144. The molecule has 2 heterocycles. The monoisotopic (exact) mass is 524 g/mol. The predicted molar refractivity (Wildman–Crippen MR) is 133 cm³/mol. The second-order valence-corrected chi connectivity index (χ2v) is 10.1. The fourth-order valence-electron chi connectivity index (χ4n) is 3.58. The molecule has 0 bridgehead atoms. The van der Waals surface area contributed by atoms with Crippen molar-refractivity contribution < 1.29 is 31.9 Å². The Morgan fingerprint density at radius 3 is 2.50 bits per heavy atom. The first kappa shape index (κ1) is 23.5. The Morgan fingerprint density at radius 2 is 1.81 bits per heavy atom. The predicted octanol–water partition coefficient (Wildman–Crippen LogP) is 5.87. The van der Waals surface area contributed by atoms with Crippen LogP contribution >= 0.6 is 11.3 Å². The standard InChI is InChI=1S/C25H17FN2O6S2/c1-33-22-11-17(25(29)30)18(26)12-19(22)28-36(31,32)23-13-35-24(27-23)15-8-6-14(7-9-15)21-10-16-4-2-3-5-20(16)34-21/h2-13,28H,1H3,(H,29,30). The van der Waals surface area contributed by atoms with E-state index in [2.05, 4.69) is 9.71 Å². The number of fused-ring (bicyclic) bond motifs is 1. The van der Waals surface area contributed by atoms with Gasteiger partial charge in [0.2, 0.25) is 0 Å². The fourth-order valence-corrected chi connectivity index (χ4v) is 5.74. The molecule has 36 heavy (non-hydrogen) atoms. The first-order valence-electron chi connectivity index (χ1n) is 10.4. The molecular formula is C25H17FN2O6S2. The zero-order valence-corrected chi connectivity index (χ0v) is 20.2. The van der Waals surface area contributed by atoms with Crippen LogP contribution in [-0.4, -0.2) is 31.6 Å². The lowest BCUT2D eigenvalue weighted by Crippen LogP contribution is -2.15. The summed E-state index contributed by atoms with van der Waals surface area (Å²) in [4.78, 5) is 15.4. The summed E-state index contributed by atoms with van der Waals surface area (Å²) in [7, 11) is -2.99. The van der Waals surface area contributed by atoms with Gasteiger partial charge >= 0.3 is 5.97 Å². The summed E-state index contributed by atoms with van der Waals surface area (Å²) < 4.78 is 53.1. The largest absolute Gasteiger partial charge is 0.495 e. The van der Waals surface area contributed by atoms with Crippen LogP contribution in [0.4, 0.5) is 10.1 Å². The number of carboxylic acids is 1. The smallest absolute Gasteiger partial charge is 0.338 e. The highest BCUT2D eigenvalue weighted by molar-refractivity contribution is 7.92. The zero-order chi connectivity index (χ0) is 25.4. The molecule has 0 radical (unpaired) electrons. The summed E-state index contributed by atoms with van der Waals surface area (Å²) in [5.74, 6) is -2.04. The summed E-state index contributed by atoms with van der Waals surface area (Å²) >= 11 is 1.13. The van der Waals surface area contributed by atoms with Crippen molar-refractivity contribution in [2.75, 3.05) is 11.8 Å². The molecule has 2 aromatic heterocycles. The first-order valence-corrected chi connectivity index (χ1v) is 12.8. The van der Waals surface area contributed by atoms with E-state index in [1.54, 1.807) is 0 Å². The number of sulfonamides is 1. The van der Waals surface area contributed by atoms with E-state index in [9.17, 15) is 17.6 Å². The van der Waals surface area contributed by atoms with Gasteiger partial charge < -0.3 is 14.3 Å². The molecule has 8 nitrogen and oxygen atoms in total. The Bertz CT molecular complexity index is 1680. The van der Waals surface area contributed by atoms with E-state index in [0.717, 1.165) is 40.0 Å². The van der Waals surface area contributed by atoms with E-state index in [1.807, 2.05) is 54.6 Å². The molecule has 0 atom stereocenters. The minimum atomic E-state index is -4.21. The van der Waals surface area contributed by atoms with E-state index in [4.69, 9.17) is 14.3 Å². The van der Waals surface area contributed by atoms with Crippen LogP contribution in [0.25, 0.3) is 32.9 Å². The van der Waals surface area contributed by atoms with Crippen LogP contribution in [0.5, 0.6) is 5.75 Å². The van der Waals surface area contributed by atoms with Gasteiger partial charge in [-0.2, -0.15) is 8.42 Å². The molecule has 0 amide bonds. The van der Waals surface area contributed by atoms with Gasteiger partial charge in [0.25, 0.3) is 10.0 Å². The Kier molecular flexibility index (Phi) is 5.94. The number of ether oxygens (including phenoxy) is 1. The van der Waals surface area contributed by atoms with Gasteiger partial charge in [0.1, 0.15) is 27.9 Å². The Balaban J connectivity index is 1.39. The topological polar surface area (TPSA) is 119 Å². The number of nitrogens with one attached hydrogen (secondary N) is 1. The molecule has 0 spiro atoms. The first-order chi connectivity index (χ1) is 17.2. The molecule has 3 aromatic carbocycles. The number of aromatic nitrogens is 1. The van der Waals surface area contributed by atoms with Crippen molar-refractivity contribution in [2.45, 2.75) is 5.03 Å². The molecule has 2 N–H and O–H groups in total. The normalized spacial score (nSPS) is 11.5. The van der Waals surface area contributed by atoms with Crippen molar-refractivity contribution in [1.82, 2.24) is 4.98 Å². The number of aromatic carboxylic acids is 1. The Labute approximate surface area is 208 Å². The van der Waals surface area contributed by atoms with Crippen molar-refractivity contribution in [3.8, 4) is 27.6 Å². The summed E-state index contributed by atoms with van der Waals surface area (Å²) in [5.41, 5.74) is 1.46. The lowest BCUT2D eigenvalue weighted by atomic mass is 10.1. The molecule has 0 saturated carbocycles. The van der Waals surface area contributed by atoms with Gasteiger partial charge in [-0.25, -0.2) is 14.2 Å². The average Bonchev–Trinajstić information content (AvgIpc) is 3.52. The third kappa shape index (κ3) is 4.41. The quantitative estimate of drug-likeness (QED) is 0.273. The van der Waals surface area contributed by atoms with Crippen molar-refractivity contribution in [3.63, 3.8) is 0 Å².